The second kappa shape index (κ2) is 8.30. The van der Waals surface area contributed by atoms with Gasteiger partial charge in [-0.25, -0.2) is 0 Å². The van der Waals surface area contributed by atoms with E-state index >= 15 is 0 Å². The smallest absolute Gasteiger partial charge is 0.278 e. The molecule has 0 fully saturated rings. The first-order valence-corrected chi connectivity index (χ1v) is 9.64. The van der Waals surface area contributed by atoms with Gasteiger partial charge >= 0.3 is 0 Å². The van der Waals surface area contributed by atoms with Gasteiger partial charge in [0.05, 0.1) is 12.2 Å². The molecule has 1 aliphatic rings. The highest BCUT2D eigenvalue weighted by Crippen LogP contribution is 2.31. The van der Waals surface area contributed by atoms with Crippen LogP contribution in [0.4, 0.5) is 5.69 Å². The maximum Gasteiger partial charge on any atom is 0.278 e. The van der Waals surface area contributed by atoms with Gasteiger partial charge in [-0.2, -0.15) is 0 Å². The third-order valence-electron chi connectivity index (χ3n) is 4.88. The molecule has 2 aromatic rings. The largest absolute Gasteiger partial charge is 0.494 e. The number of hydrogen-bond acceptors (Lipinski definition) is 4. The lowest BCUT2D eigenvalue weighted by Crippen LogP contribution is -2.32. The van der Waals surface area contributed by atoms with Gasteiger partial charge in [0, 0.05) is 12.2 Å². The molecule has 2 amide bonds. The normalized spacial score (nSPS) is 14.1. The van der Waals surface area contributed by atoms with Crippen molar-refractivity contribution in [2.24, 2.45) is 0 Å². The van der Waals surface area contributed by atoms with Crippen LogP contribution < -0.4 is 10.1 Å². The van der Waals surface area contributed by atoms with Crippen LogP contribution >= 0.6 is 0 Å². The Labute approximate surface area is 166 Å². The van der Waals surface area contributed by atoms with Gasteiger partial charge in [-0.15, -0.1) is 0 Å². The van der Waals surface area contributed by atoms with Gasteiger partial charge < -0.3 is 10.1 Å². The minimum absolute atomic E-state index is 0.277. The molecule has 0 radical (unpaired) electrons. The zero-order chi connectivity index (χ0) is 20.3. The molecule has 0 atom stereocenters. The topological polar surface area (TPSA) is 58.6 Å². The summed E-state index contributed by atoms with van der Waals surface area (Å²) in [6, 6.07) is 13.2. The van der Waals surface area contributed by atoms with E-state index in [1.165, 1.54) is 10.5 Å². The fourth-order valence-corrected chi connectivity index (χ4v) is 3.15. The van der Waals surface area contributed by atoms with Crippen molar-refractivity contribution in [2.45, 2.75) is 34.1 Å². The number of nitrogens with zero attached hydrogens (tertiary/aromatic N) is 1. The summed E-state index contributed by atoms with van der Waals surface area (Å²) >= 11 is 0. The summed E-state index contributed by atoms with van der Waals surface area (Å²) in [5.41, 5.74) is 4.49. The predicted molar refractivity (Wildman–Crippen MR) is 111 cm³/mol. The summed E-state index contributed by atoms with van der Waals surface area (Å²) in [6.07, 6.45) is 0.926. The number of likely N-dealkylation sites (N-methyl/N-ethyl adjacent to an activating group) is 1. The fourth-order valence-electron chi connectivity index (χ4n) is 3.15. The van der Waals surface area contributed by atoms with Gasteiger partial charge in [-0.3, -0.25) is 14.5 Å². The maximum absolute atomic E-state index is 12.9. The second-order valence-electron chi connectivity index (χ2n) is 6.90. The number of imide groups is 1. The van der Waals surface area contributed by atoms with Crippen LogP contribution in [-0.4, -0.2) is 29.9 Å². The predicted octanol–water partition coefficient (Wildman–Crippen LogP) is 4.30. The molecule has 0 bridgehead atoms. The zero-order valence-corrected chi connectivity index (χ0v) is 16.8. The molecule has 2 aromatic carbocycles. The number of rotatable bonds is 7. The average Bonchev–Trinajstić information content (AvgIpc) is 2.93. The average molecular weight is 378 g/mol. The Bertz CT molecular complexity index is 929. The van der Waals surface area contributed by atoms with Gasteiger partial charge in [-0.1, -0.05) is 25.1 Å². The molecule has 146 valence electrons. The summed E-state index contributed by atoms with van der Waals surface area (Å²) in [4.78, 5) is 27.0. The van der Waals surface area contributed by atoms with Crippen LogP contribution in [0.2, 0.25) is 0 Å². The van der Waals surface area contributed by atoms with E-state index in [9.17, 15) is 9.59 Å². The van der Waals surface area contributed by atoms with Crippen molar-refractivity contribution in [3.63, 3.8) is 0 Å². The van der Waals surface area contributed by atoms with Gasteiger partial charge in [0.25, 0.3) is 11.8 Å². The van der Waals surface area contributed by atoms with Crippen molar-refractivity contribution in [1.82, 2.24) is 4.90 Å². The SMILES string of the molecule is CCCOc1ccc(C2=C(Nc3ccc(C)c(C)c3)C(=O)N(CC)C2=O)cc1. The highest BCUT2D eigenvalue weighted by atomic mass is 16.5. The number of aryl methyl sites for hydroxylation is 2. The van der Waals surface area contributed by atoms with Crippen LogP contribution in [0.15, 0.2) is 48.2 Å². The van der Waals surface area contributed by atoms with Crippen LogP contribution in [-0.2, 0) is 9.59 Å². The monoisotopic (exact) mass is 378 g/mol. The Hall–Kier alpha value is -3.08. The van der Waals surface area contributed by atoms with E-state index in [2.05, 4.69) is 5.32 Å². The molecule has 28 heavy (non-hydrogen) atoms. The number of carbonyl (C=O) groups excluding carboxylic acids is 2. The van der Waals surface area contributed by atoms with Crippen molar-refractivity contribution >= 4 is 23.1 Å². The third kappa shape index (κ3) is 3.79. The Morgan fingerprint density at radius 3 is 2.25 bits per heavy atom. The molecule has 0 aromatic heterocycles. The Balaban J connectivity index is 1.99. The Kier molecular flexibility index (Phi) is 5.83. The summed E-state index contributed by atoms with van der Waals surface area (Å²) in [6.45, 7) is 8.87. The molecule has 5 heteroatoms. The van der Waals surface area contributed by atoms with Gasteiger partial charge in [0.1, 0.15) is 11.4 Å². The summed E-state index contributed by atoms with van der Waals surface area (Å²) in [5, 5.41) is 3.19. The molecule has 1 aliphatic heterocycles. The van der Waals surface area contributed by atoms with Crippen molar-refractivity contribution < 1.29 is 14.3 Å². The van der Waals surface area contributed by atoms with Crippen molar-refractivity contribution in [3.8, 4) is 5.75 Å². The Morgan fingerprint density at radius 1 is 0.929 bits per heavy atom. The zero-order valence-electron chi connectivity index (χ0n) is 16.8. The van der Waals surface area contributed by atoms with Crippen molar-refractivity contribution in [2.75, 3.05) is 18.5 Å². The quantitative estimate of drug-likeness (QED) is 0.730. The molecule has 0 saturated carbocycles. The van der Waals surface area contributed by atoms with Gasteiger partial charge in [0.15, 0.2) is 0 Å². The number of anilines is 1. The van der Waals surface area contributed by atoms with E-state index in [4.69, 9.17) is 4.74 Å². The first-order valence-electron chi connectivity index (χ1n) is 9.64. The molecule has 0 spiro atoms. The van der Waals surface area contributed by atoms with Crippen molar-refractivity contribution in [3.05, 3.63) is 64.9 Å². The maximum atomic E-state index is 12.9. The van der Waals surface area contributed by atoms with Crippen LogP contribution in [0.25, 0.3) is 5.57 Å². The lowest BCUT2D eigenvalue weighted by Gasteiger charge is -2.12. The van der Waals surface area contributed by atoms with Gasteiger partial charge in [-0.05, 0) is 68.1 Å². The second-order valence-corrected chi connectivity index (χ2v) is 6.90. The molecule has 0 saturated heterocycles. The number of ether oxygens (including phenoxy) is 1. The molecule has 5 nitrogen and oxygen atoms in total. The number of nitrogens with one attached hydrogen (secondary N) is 1. The summed E-state index contributed by atoms with van der Waals surface area (Å²) in [7, 11) is 0. The molecule has 0 aliphatic carbocycles. The minimum atomic E-state index is -0.299. The molecule has 1 N–H and O–H groups in total. The van der Waals surface area contributed by atoms with Gasteiger partial charge in [0.2, 0.25) is 0 Å². The summed E-state index contributed by atoms with van der Waals surface area (Å²) < 4.78 is 5.62. The van der Waals surface area contributed by atoms with E-state index in [1.807, 2.05) is 63.2 Å². The third-order valence-corrected chi connectivity index (χ3v) is 4.88. The van der Waals surface area contributed by atoms with E-state index in [0.29, 0.717) is 30.0 Å². The van der Waals surface area contributed by atoms with E-state index < -0.39 is 0 Å². The van der Waals surface area contributed by atoms with Crippen LogP contribution in [0.5, 0.6) is 5.75 Å². The summed E-state index contributed by atoms with van der Waals surface area (Å²) in [5.74, 6) is 0.173. The van der Waals surface area contributed by atoms with Crippen LogP contribution in [0.1, 0.15) is 37.0 Å². The lowest BCUT2D eigenvalue weighted by atomic mass is 10.0. The molecular weight excluding hydrogens is 352 g/mol. The number of carbonyl (C=O) groups is 2. The molecular formula is C23H26N2O3. The Morgan fingerprint density at radius 2 is 1.64 bits per heavy atom. The first kappa shape index (κ1) is 19.7. The van der Waals surface area contributed by atoms with E-state index in [0.717, 1.165) is 23.4 Å². The van der Waals surface area contributed by atoms with Crippen LogP contribution in [0, 0.1) is 13.8 Å². The number of hydrogen-bond donors (Lipinski definition) is 1. The minimum Gasteiger partial charge on any atom is -0.494 e. The fraction of sp³-hybridized carbons (Fsp3) is 0.304. The lowest BCUT2D eigenvalue weighted by molar-refractivity contribution is -0.136. The molecule has 0 unspecified atom stereocenters. The van der Waals surface area contributed by atoms with E-state index in [-0.39, 0.29) is 11.8 Å². The highest BCUT2D eigenvalue weighted by molar-refractivity contribution is 6.36. The highest BCUT2D eigenvalue weighted by Gasteiger charge is 2.38. The standard InChI is InChI=1S/C23H26N2O3/c1-5-13-28-19-11-8-17(9-12-19)20-21(23(27)25(6-2)22(20)26)24-18-10-7-15(3)16(4)14-18/h7-12,14,24H,5-6,13H2,1-4H3. The number of amides is 2. The van der Waals surface area contributed by atoms with Crippen LogP contribution in [0.3, 0.4) is 0 Å². The van der Waals surface area contributed by atoms with E-state index in [1.54, 1.807) is 6.92 Å². The molecule has 3 rings (SSSR count). The number of benzene rings is 2. The first-order chi connectivity index (χ1) is 13.5. The molecule has 1 heterocycles. The van der Waals surface area contributed by atoms with Crippen molar-refractivity contribution in [1.29, 1.82) is 0 Å².